The molecular formula is C13H15FN2O3. The van der Waals surface area contributed by atoms with Gasteiger partial charge in [-0.3, -0.25) is 9.59 Å². The third kappa shape index (κ3) is 2.67. The minimum absolute atomic E-state index is 0.0330. The number of hydrogen-bond acceptors (Lipinski definition) is 3. The molecule has 0 aromatic heterocycles. The highest BCUT2D eigenvalue weighted by Crippen LogP contribution is 2.31. The molecule has 1 unspecified atom stereocenters. The van der Waals surface area contributed by atoms with E-state index < -0.39 is 17.7 Å². The lowest BCUT2D eigenvalue weighted by atomic mass is 10.1. The van der Waals surface area contributed by atoms with Crippen LogP contribution in [0.25, 0.3) is 0 Å². The van der Waals surface area contributed by atoms with E-state index >= 15 is 0 Å². The summed E-state index contributed by atoms with van der Waals surface area (Å²) in [7, 11) is 0. The maximum atomic E-state index is 13.7. The molecule has 1 atom stereocenters. The first-order valence-corrected chi connectivity index (χ1v) is 6.07. The predicted molar refractivity (Wildman–Crippen MR) is 67.5 cm³/mol. The second kappa shape index (κ2) is 5.26. The summed E-state index contributed by atoms with van der Waals surface area (Å²) in [6.45, 7) is 0.599. The lowest BCUT2D eigenvalue weighted by molar-refractivity contribution is -0.137. The number of carbonyl (C=O) groups excluding carboxylic acids is 1. The van der Waals surface area contributed by atoms with E-state index in [4.69, 9.17) is 10.8 Å². The van der Waals surface area contributed by atoms with Gasteiger partial charge in [0.05, 0.1) is 17.7 Å². The molecule has 2 rings (SSSR count). The minimum atomic E-state index is -0.908. The van der Waals surface area contributed by atoms with Crippen molar-refractivity contribution in [2.45, 2.75) is 25.3 Å². The Balaban J connectivity index is 2.38. The second-order valence-corrected chi connectivity index (χ2v) is 4.59. The largest absolute Gasteiger partial charge is 0.481 e. The van der Waals surface area contributed by atoms with Crippen LogP contribution >= 0.6 is 0 Å². The van der Waals surface area contributed by atoms with Gasteiger partial charge in [0.2, 0.25) is 0 Å². The maximum Gasteiger partial charge on any atom is 0.305 e. The highest BCUT2D eigenvalue weighted by Gasteiger charge is 2.30. The Morgan fingerprint density at radius 3 is 2.84 bits per heavy atom. The van der Waals surface area contributed by atoms with Crippen molar-refractivity contribution in [1.29, 1.82) is 0 Å². The average molecular weight is 266 g/mol. The zero-order chi connectivity index (χ0) is 14.0. The Hall–Kier alpha value is -2.11. The number of amides is 1. The summed E-state index contributed by atoms with van der Waals surface area (Å²) < 4.78 is 13.7. The van der Waals surface area contributed by atoms with Crippen molar-refractivity contribution in [2.24, 2.45) is 5.73 Å². The van der Waals surface area contributed by atoms with Crippen molar-refractivity contribution in [3.63, 3.8) is 0 Å². The van der Waals surface area contributed by atoms with E-state index in [9.17, 15) is 14.0 Å². The number of aliphatic carboxylic acids is 1. The molecule has 1 aliphatic heterocycles. The molecule has 1 amide bonds. The van der Waals surface area contributed by atoms with Crippen molar-refractivity contribution in [3.8, 4) is 0 Å². The zero-order valence-electron chi connectivity index (χ0n) is 10.3. The van der Waals surface area contributed by atoms with Crippen LogP contribution < -0.4 is 10.6 Å². The number of rotatable bonds is 4. The highest BCUT2D eigenvalue weighted by atomic mass is 19.1. The smallest absolute Gasteiger partial charge is 0.305 e. The van der Waals surface area contributed by atoms with E-state index in [0.29, 0.717) is 18.7 Å². The van der Waals surface area contributed by atoms with Gasteiger partial charge in [0.15, 0.2) is 0 Å². The molecule has 0 bridgehead atoms. The fourth-order valence-electron chi connectivity index (χ4n) is 2.56. The summed E-state index contributed by atoms with van der Waals surface area (Å²) in [5.74, 6) is -2.42. The van der Waals surface area contributed by atoms with Crippen molar-refractivity contribution in [3.05, 3.63) is 29.6 Å². The first-order valence-electron chi connectivity index (χ1n) is 6.07. The topological polar surface area (TPSA) is 83.6 Å². The summed E-state index contributed by atoms with van der Waals surface area (Å²) >= 11 is 0. The minimum Gasteiger partial charge on any atom is -0.481 e. The van der Waals surface area contributed by atoms with Crippen molar-refractivity contribution in [2.75, 3.05) is 11.4 Å². The zero-order valence-corrected chi connectivity index (χ0v) is 10.3. The van der Waals surface area contributed by atoms with Gasteiger partial charge in [0.25, 0.3) is 5.91 Å². The van der Waals surface area contributed by atoms with E-state index in [1.54, 1.807) is 11.0 Å². The van der Waals surface area contributed by atoms with Crippen molar-refractivity contribution >= 4 is 17.6 Å². The third-order valence-corrected chi connectivity index (χ3v) is 3.33. The van der Waals surface area contributed by atoms with Crippen LogP contribution in [0, 0.1) is 5.82 Å². The number of benzene rings is 1. The van der Waals surface area contributed by atoms with Gasteiger partial charge in [-0.15, -0.1) is 0 Å². The number of anilines is 1. The van der Waals surface area contributed by atoms with Crippen LogP contribution in [0.4, 0.5) is 10.1 Å². The van der Waals surface area contributed by atoms with E-state index in [1.807, 2.05) is 0 Å². The Morgan fingerprint density at radius 2 is 2.21 bits per heavy atom. The second-order valence-electron chi connectivity index (χ2n) is 4.59. The molecule has 1 aromatic rings. The molecule has 0 saturated carbocycles. The first kappa shape index (κ1) is 13.3. The molecule has 1 saturated heterocycles. The summed E-state index contributed by atoms with van der Waals surface area (Å²) in [6.07, 6.45) is 1.49. The summed E-state index contributed by atoms with van der Waals surface area (Å²) in [5, 5.41) is 8.88. The van der Waals surface area contributed by atoms with Crippen LogP contribution in [-0.2, 0) is 4.79 Å². The quantitative estimate of drug-likeness (QED) is 0.862. The number of carboxylic acid groups (broad SMARTS) is 1. The van der Waals surface area contributed by atoms with Gasteiger partial charge in [0, 0.05) is 12.6 Å². The number of carbonyl (C=O) groups is 2. The molecule has 0 aliphatic carbocycles. The Morgan fingerprint density at radius 1 is 1.47 bits per heavy atom. The lowest BCUT2D eigenvalue weighted by Gasteiger charge is -2.27. The number of primary amides is 1. The molecule has 1 heterocycles. The molecule has 1 aromatic carbocycles. The number of nitrogens with zero attached hydrogens (tertiary/aromatic N) is 1. The number of carboxylic acids is 1. The fraction of sp³-hybridized carbons (Fsp3) is 0.385. The Labute approximate surface area is 109 Å². The summed E-state index contributed by atoms with van der Waals surface area (Å²) in [6, 6.07) is 4.04. The molecule has 6 heteroatoms. The van der Waals surface area contributed by atoms with Gasteiger partial charge in [0.1, 0.15) is 5.82 Å². The number of hydrogen-bond donors (Lipinski definition) is 2. The Kier molecular flexibility index (Phi) is 3.69. The molecule has 0 spiro atoms. The van der Waals surface area contributed by atoms with E-state index in [2.05, 4.69) is 0 Å². The molecule has 19 heavy (non-hydrogen) atoms. The fourth-order valence-corrected chi connectivity index (χ4v) is 2.56. The van der Waals surface area contributed by atoms with Crippen LogP contribution in [0.5, 0.6) is 0 Å². The van der Waals surface area contributed by atoms with Gasteiger partial charge in [-0.2, -0.15) is 0 Å². The van der Waals surface area contributed by atoms with Gasteiger partial charge in [-0.05, 0) is 25.0 Å². The molecular weight excluding hydrogens is 251 g/mol. The van der Waals surface area contributed by atoms with Crippen molar-refractivity contribution < 1.29 is 19.1 Å². The molecule has 5 nitrogen and oxygen atoms in total. The van der Waals surface area contributed by atoms with Gasteiger partial charge < -0.3 is 15.7 Å². The van der Waals surface area contributed by atoms with Gasteiger partial charge >= 0.3 is 5.97 Å². The summed E-state index contributed by atoms with van der Waals surface area (Å²) in [4.78, 5) is 24.0. The molecule has 3 N–H and O–H groups in total. The van der Waals surface area contributed by atoms with Crippen molar-refractivity contribution in [1.82, 2.24) is 0 Å². The van der Waals surface area contributed by atoms with Crippen LogP contribution in [0.2, 0.25) is 0 Å². The van der Waals surface area contributed by atoms with E-state index in [0.717, 1.165) is 6.42 Å². The van der Waals surface area contributed by atoms with Crippen LogP contribution in [0.3, 0.4) is 0 Å². The number of halogens is 1. The molecule has 1 fully saturated rings. The molecule has 0 radical (unpaired) electrons. The maximum absolute atomic E-state index is 13.7. The van der Waals surface area contributed by atoms with E-state index in [-0.39, 0.29) is 18.0 Å². The predicted octanol–water partition coefficient (Wildman–Crippen LogP) is 1.37. The lowest BCUT2D eigenvalue weighted by Crippen LogP contribution is -2.33. The number of nitrogens with two attached hydrogens (primary N) is 1. The molecule has 1 aliphatic rings. The van der Waals surface area contributed by atoms with Crippen LogP contribution in [0.15, 0.2) is 18.2 Å². The average Bonchev–Trinajstić information content (AvgIpc) is 2.75. The molecule has 102 valence electrons. The van der Waals surface area contributed by atoms with Gasteiger partial charge in [-0.25, -0.2) is 4.39 Å². The highest BCUT2D eigenvalue weighted by molar-refractivity contribution is 5.99. The monoisotopic (exact) mass is 266 g/mol. The summed E-state index contributed by atoms with van der Waals surface area (Å²) in [5.41, 5.74) is 5.43. The third-order valence-electron chi connectivity index (χ3n) is 3.33. The Bertz CT molecular complexity index is 519. The first-order chi connectivity index (χ1) is 9.00. The standard InChI is InChI=1S/C13H15FN2O3/c14-9-4-1-5-10(12(9)13(15)19)16-6-2-3-8(16)7-11(17)18/h1,4-5,8H,2-3,6-7H2,(H2,15,19)(H,17,18). The van der Waals surface area contributed by atoms with E-state index in [1.165, 1.54) is 12.1 Å². The normalized spacial score (nSPS) is 18.6. The van der Waals surface area contributed by atoms with Crippen LogP contribution in [-0.4, -0.2) is 29.6 Å². The SMILES string of the molecule is NC(=O)c1c(F)cccc1N1CCCC1CC(=O)O. The van der Waals surface area contributed by atoms with Crippen LogP contribution in [0.1, 0.15) is 29.6 Å². The van der Waals surface area contributed by atoms with Gasteiger partial charge in [-0.1, -0.05) is 6.07 Å².